The molecule has 0 spiro atoms. The molecule has 0 aromatic carbocycles. The number of nitrogens with one attached hydrogen (secondary N) is 1. The van der Waals surface area contributed by atoms with Crippen LogP contribution in [0.2, 0.25) is 0 Å². The first-order valence-electron chi connectivity index (χ1n) is 4.55. The van der Waals surface area contributed by atoms with Crippen LogP contribution in [0.3, 0.4) is 0 Å². The van der Waals surface area contributed by atoms with Crippen molar-refractivity contribution >= 4 is 48.1 Å². The normalized spacial score (nSPS) is 13.9. The lowest BCUT2D eigenvalue weighted by Crippen LogP contribution is -2.27. The van der Waals surface area contributed by atoms with Gasteiger partial charge in [-0.1, -0.05) is 6.92 Å². The average molecular weight is 346 g/mol. The molecule has 1 N–H and O–H groups in total. The van der Waals surface area contributed by atoms with Crippen LogP contribution < -0.4 is 4.72 Å². The van der Waals surface area contributed by atoms with Crippen molar-refractivity contribution in [2.45, 2.75) is 11.1 Å². The Bertz CT molecular complexity index is 469. The highest BCUT2D eigenvalue weighted by Crippen LogP contribution is 2.25. The molecule has 0 saturated heterocycles. The van der Waals surface area contributed by atoms with Gasteiger partial charge in [0, 0.05) is 28.9 Å². The molecule has 0 saturated carbocycles. The zero-order valence-corrected chi connectivity index (χ0v) is 12.6. The van der Waals surface area contributed by atoms with Crippen molar-refractivity contribution in [3.8, 4) is 0 Å². The third kappa shape index (κ3) is 4.25. The number of thiophene rings is 1. The molecule has 1 unspecified atom stereocenters. The molecule has 92 valence electrons. The first kappa shape index (κ1) is 14.3. The van der Waals surface area contributed by atoms with Crippen LogP contribution in [-0.4, -0.2) is 30.7 Å². The minimum absolute atomic E-state index is 0.207. The van der Waals surface area contributed by atoms with Crippen LogP contribution in [0.4, 0.5) is 0 Å². The lowest BCUT2D eigenvalue weighted by Gasteiger charge is -2.03. The largest absolute Gasteiger partial charge is 0.260 e. The van der Waals surface area contributed by atoms with Gasteiger partial charge in [-0.15, -0.1) is 11.3 Å². The summed E-state index contributed by atoms with van der Waals surface area (Å²) in [6.45, 7) is 2.01. The lowest BCUT2D eigenvalue weighted by atomic mass is 10.7. The maximum absolute atomic E-state index is 11.7. The minimum Gasteiger partial charge on any atom is -0.260 e. The molecule has 8 heteroatoms. The molecule has 0 aliphatic heterocycles. The maximum atomic E-state index is 11.7. The van der Waals surface area contributed by atoms with Crippen molar-refractivity contribution in [2.75, 3.05) is 18.1 Å². The summed E-state index contributed by atoms with van der Waals surface area (Å²) in [7, 11) is -4.38. The van der Waals surface area contributed by atoms with E-state index in [1.165, 1.54) is 6.07 Å². The number of hydrogen-bond acceptors (Lipinski definition) is 4. The Balaban J connectivity index is 2.56. The number of hydrogen-bond donors (Lipinski definition) is 1. The van der Waals surface area contributed by atoms with Crippen LogP contribution in [0.15, 0.2) is 20.1 Å². The van der Waals surface area contributed by atoms with Crippen LogP contribution in [0.5, 0.6) is 0 Å². The summed E-state index contributed by atoms with van der Waals surface area (Å²) in [5.41, 5.74) is 0. The summed E-state index contributed by atoms with van der Waals surface area (Å²) in [6.07, 6.45) is 0. The standard InChI is InChI=1S/C8H12BrNO3S3/c1-2-15(11)6-5-10-16(12,13)8-4-3-7(9)14-8/h3-4,10H,2,5-6H2,1H3. The van der Waals surface area contributed by atoms with Crippen LogP contribution >= 0.6 is 27.3 Å². The van der Waals surface area contributed by atoms with Gasteiger partial charge in [-0.25, -0.2) is 13.1 Å². The molecule has 0 fully saturated rings. The van der Waals surface area contributed by atoms with Gasteiger partial charge in [-0.05, 0) is 28.1 Å². The second-order valence-corrected chi connectivity index (χ2v) is 9.21. The molecule has 0 aliphatic carbocycles. The van der Waals surface area contributed by atoms with Gasteiger partial charge in [-0.3, -0.25) is 4.21 Å². The summed E-state index contributed by atoms with van der Waals surface area (Å²) < 4.78 is 38.0. The summed E-state index contributed by atoms with van der Waals surface area (Å²) in [4.78, 5) is 0. The smallest absolute Gasteiger partial charge is 0.250 e. The quantitative estimate of drug-likeness (QED) is 0.850. The maximum Gasteiger partial charge on any atom is 0.250 e. The third-order valence-corrected chi connectivity index (χ3v) is 6.64. The van der Waals surface area contributed by atoms with E-state index < -0.39 is 20.8 Å². The van der Waals surface area contributed by atoms with Gasteiger partial charge in [0.2, 0.25) is 10.0 Å². The highest BCUT2D eigenvalue weighted by Gasteiger charge is 2.15. The first-order valence-corrected chi connectivity index (χ1v) is 9.13. The van der Waals surface area contributed by atoms with Gasteiger partial charge in [-0.2, -0.15) is 0 Å². The highest BCUT2D eigenvalue weighted by atomic mass is 79.9. The first-order chi connectivity index (χ1) is 7.45. The molecule has 1 heterocycles. The van der Waals surface area contributed by atoms with Crippen LogP contribution in [0.25, 0.3) is 0 Å². The zero-order chi connectivity index (χ0) is 12.2. The van der Waals surface area contributed by atoms with Crippen molar-refractivity contribution < 1.29 is 12.6 Å². The van der Waals surface area contributed by atoms with Crippen LogP contribution in [0, 0.1) is 0 Å². The van der Waals surface area contributed by atoms with Crippen molar-refractivity contribution in [3.63, 3.8) is 0 Å². The fraction of sp³-hybridized carbons (Fsp3) is 0.500. The van der Waals surface area contributed by atoms with Crippen molar-refractivity contribution in [1.82, 2.24) is 4.72 Å². The van der Waals surface area contributed by atoms with Crippen LogP contribution in [0.1, 0.15) is 6.92 Å². The van der Waals surface area contributed by atoms with Crippen molar-refractivity contribution in [1.29, 1.82) is 0 Å². The van der Waals surface area contributed by atoms with Crippen molar-refractivity contribution in [3.05, 3.63) is 15.9 Å². The Morgan fingerprint density at radius 2 is 2.19 bits per heavy atom. The second-order valence-electron chi connectivity index (χ2n) is 2.89. The zero-order valence-electron chi connectivity index (χ0n) is 8.60. The number of halogens is 1. The number of sulfonamides is 1. The Labute approximate surface area is 110 Å². The Morgan fingerprint density at radius 3 is 2.69 bits per heavy atom. The molecule has 1 aromatic heterocycles. The Morgan fingerprint density at radius 1 is 1.50 bits per heavy atom. The predicted octanol–water partition coefficient (Wildman–Crippen LogP) is 1.56. The van der Waals surface area contributed by atoms with Crippen molar-refractivity contribution in [2.24, 2.45) is 0 Å². The minimum atomic E-state index is -3.44. The van der Waals surface area contributed by atoms with E-state index in [-0.39, 0.29) is 10.8 Å². The average Bonchev–Trinajstić information content (AvgIpc) is 2.65. The third-order valence-electron chi connectivity index (χ3n) is 1.76. The molecule has 1 rings (SSSR count). The molecular formula is C8H12BrNO3S3. The van der Waals surface area contributed by atoms with Gasteiger partial charge >= 0.3 is 0 Å². The predicted molar refractivity (Wildman–Crippen MR) is 70.8 cm³/mol. The van der Waals surface area contributed by atoms with E-state index >= 15 is 0 Å². The lowest BCUT2D eigenvalue weighted by molar-refractivity contribution is 0.586. The second kappa shape index (κ2) is 6.25. The molecule has 0 amide bonds. The van der Waals surface area contributed by atoms with E-state index in [1.807, 2.05) is 0 Å². The molecule has 4 nitrogen and oxygen atoms in total. The summed E-state index contributed by atoms with van der Waals surface area (Å²) in [6, 6.07) is 3.22. The topological polar surface area (TPSA) is 63.2 Å². The van der Waals surface area contributed by atoms with E-state index in [9.17, 15) is 12.6 Å². The molecule has 0 aliphatic rings. The van der Waals surface area contributed by atoms with Gasteiger partial charge < -0.3 is 0 Å². The fourth-order valence-electron chi connectivity index (χ4n) is 0.947. The van der Waals surface area contributed by atoms with Crippen LogP contribution in [-0.2, 0) is 20.8 Å². The molecule has 1 aromatic rings. The van der Waals surface area contributed by atoms with Gasteiger partial charge in [0.1, 0.15) is 4.21 Å². The van der Waals surface area contributed by atoms with E-state index in [0.717, 1.165) is 15.1 Å². The fourth-order valence-corrected chi connectivity index (χ4v) is 4.78. The molecule has 0 bridgehead atoms. The van der Waals surface area contributed by atoms with E-state index in [1.54, 1.807) is 13.0 Å². The molecule has 1 atom stereocenters. The molecular weight excluding hydrogens is 334 g/mol. The SMILES string of the molecule is CCS(=O)CCNS(=O)(=O)c1ccc(Br)s1. The molecule has 16 heavy (non-hydrogen) atoms. The summed E-state index contributed by atoms with van der Waals surface area (Å²) in [5, 5.41) is 0. The Kier molecular flexibility index (Phi) is 5.58. The van der Waals surface area contributed by atoms with E-state index in [2.05, 4.69) is 20.7 Å². The van der Waals surface area contributed by atoms with E-state index in [0.29, 0.717) is 11.5 Å². The van der Waals surface area contributed by atoms with Gasteiger partial charge in [0.25, 0.3) is 0 Å². The van der Waals surface area contributed by atoms with E-state index in [4.69, 9.17) is 0 Å². The Hall–Kier alpha value is 0.240. The van der Waals surface area contributed by atoms with Gasteiger partial charge in [0.15, 0.2) is 0 Å². The summed E-state index contributed by atoms with van der Waals surface area (Å²) in [5.74, 6) is 0.897. The highest BCUT2D eigenvalue weighted by molar-refractivity contribution is 9.11. The monoisotopic (exact) mass is 345 g/mol. The number of rotatable bonds is 6. The molecule has 0 radical (unpaired) electrons. The summed E-state index contributed by atoms with van der Waals surface area (Å²) >= 11 is 4.35. The van der Waals surface area contributed by atoms with Gasteiger partial charge in [0.05, 0.1) is 3.79 Å².